The fourth-order valence-electron chi connectivity index (χ4n) is 1.41. The third-order valence-electron chi connectivity index (χ3n) is 2.19. The van der Waals surface area contributed by atoms with Gasteiger partial charge in [0.2, 0.25) is 0 Å². The summed E-state index contributed by atoms with van der Waals surface area (Å²) in [6, 6.07) is 13.7. The van der Waals surface area contributed by atoms with E-state index in [4.69, 9.17) is 5.73 Å². The largest absolute Gasteiger partial charge is 0.397 e. The van der Waals surface area contributed by atoms with Crippen LogP contribution in [0.25, 0.3) is 10.9 Å². The van der Waals surface area contributed by atoms with Gasteiger partial charge in [-0.3, -0.25) is 4.98 Å². The number of anilines is 1. The molecule has 0 amide bonds. The average Bonchev–Trinajstić information content (AvgIpc) is 2.75. The molecule has 16 heavy (non-hydrogen) atoms. The molecular formula is C13H13N3. The summed E-state index contributed by atoms with van der Waals surface area (Å²) in [5, 5.41) is 1.10. The van der Waals surface area contributed by atoms with Crippen molar-refractivity contribution in [3.63, 3.8) is 0 Å². The third-order valence-corrected chi connectivity index (χ3v) is 2.19. The van der Waals surface area contributed by atoms with Crippen molar-refractivity contribution in [1.29, 1.82) is 0 Å². The van der Waals surface area contributed by atoms with E-state index in [0.29, 0.717) is 0 Å². The van der Waals surface area contributed by atoms with Crippen LogP contribution < -0.4 is 5.73 Å². The zero-order valence-corrected chi connectivity index (χ0v) is 8.80. The molecular weight excluding hydrogens is 198 g/mol. The molecule has 3 aromatic rings. The van der Waals surface area contributed by atoms with Gasteiger partial charge in [0, 0.05) is 29.5 Å². The number of hydrogen-bond acceptors (Lipinski definition) is 2. The van der Waals surface area contributed by atoms with Crippen LogP contribution in [0.15, 0.2) is 61.1 Å². The fraction of sp³-hybridized carbons (Fsp3) is 0. The normalized spacial score (nSPS) is 9.50. The summed E-state index contributed by atoms with van der Waals surface area (Å²) >= 11 is 0. The van der Waals surface area contributed by atoms with Crippen LogP contribution in [0, 0.1) is 0 Å². The zero-order valence-electron chi connectivity index (χ0n) is 8.80. The van der Waals surface area contributed by atoms with Crippen molar-refractivity contribution in [2.75, 3.05) is 5.73 Å². The van der Waals surface area contributed by atoms with Crippen LogP contribution >= 0.6 is 0 Å². The second-order valence-corrected chi connectivity index (χ2v) is 3.31. The van der Waals surface area contributed by atoms with Gasteiger partial charge < -0.3 is 10.7 Å². The monoisotopic (exact) mass is 211 g/mol. The Bertz CT molecular complexity index is 516. The summed E-state index contributed by atoms with van der Waals surface area (Å²) in [6.07, 6.45) is 5.31. The second-order valence-electron chi connectivity index (χ2n) is 3.31. The first-order valence-electron chi connectivity index (χ1n) is 5.04. The summed E-state index contributed by atoms with van der Waals surface area (Å²) in [6.45, 7) is 0. The van der Waals surface area contributed by atoms with Crippen LogP contribution in [0.4, 0.5) is 5.69 Å². The number of hydrogen-bond donors (Lipinski definition) is 2. The smallest absolute Gasteiger partial charge is 0.0571 e. The molecule has 3 nitrogen and oxygen atoms in total. The number of H-pyrrole nitrogens is 1. The van der Waals surface area contributed by atoms with Crippen molar-refractivity contribution in [1.82, 2.24) is 9.97 Å². The van der Waals surface area contributed by atoms with Crippen LogP contribution in [0.2, 0.25) is 0 Å². The Morgan fingerprint density at radius 1 is 0.938 bits per heavy atom. The van der Waals surface area contributed by atoms with E-state index < -0.39 is 0 Å². The third kappa shape index (κ3) is 2.39. The van der Waals surface area contributed by atoms with Crippen molar-refractivity contribution in [3.8, 4) is 0 Å². The van der Waals surface area contributed by atoms with Gasteiger partial charge in [0.15, 0.2) is 0 Å². The van der Waals surface area contributed by atoms with Gasteiger partial charge in [0.1, 0.15) is 0 Å². The van der Waals surface area contributed by atoms with E-state index in [0.717, 1.165) is 16.6 Å². The maximum Gasteiger partial charge on any atom is 0.0571 e. The Balaban J connectivity index is 0.000000138. The Labute approximate surface area is 93.9 Å². The van der Waals surface area contributed by atoms with Gasteiger partial charge in [0.25, 0.3) is 0 Å². The lowest BCUT2D eigenvalue weighted by Crippen LogP contribution is -1.78. The van der Waals surface area contributed by atoms with Gasteiger partial charge in [-0.05, 0) is 18.2 Å². The zero-order chi connectivity index (χ0) is 11.2. The molecule has 0 saturated carbocycles. The summed E-state index contributed by atoms with van der Waals surface area (Å²) in [7, 11) is 0. The number of aromatic amines is 1. The molecule has 3 N–H and O–H groups in total. The van der Waals surface area contributed by atoms with Crippen molar-refractivity contribution in [2.24, 2.45) is 0 Å². The lowest BCUT2D eigenvalue weighted by Gasteiger charge is -1.87. The number of nitrogens with two attached hydrogens (primary N) is 1. The van der Waals surface area contributed by atoms with Crippen LogP contribution in [0.3, 0.4) is 0 Å². The predicted molar refractivity (Wildman–Crippen MR) is 66.9 cm³/mol. The minimum Gasteiger partial charge on any atom is -0.397 e. The van der Waals surface area contributed by atoms with Gasteiger partial charge in [-0.25, -0.2) is 0 Å². The first-order valence-corrected chi connectivity index (χ1v) is 5.04. The number of benzene rings is 1. The van der Waals surface area contributed by atoms with Crippen LogP contribution in [0.5, 0.6) is 0 Å². The number of nitrogens with one attached hydrogen (secondary N) is 1. The minimum absolute atomic E-state index is 0.815. The molecule has 0 atom stereocenters. The molecule has 0 fully saturated rings. The number of pyridine rings is 1. The first-order chi connectivity index (χ1) is 7.88. The number of fused-ring (bicyclic) bond motifs is 1. The molecule has 0 aliphatic heterocycles. The highest BCUT2D eigenvalue weighted by Crippen LogP contribution is 2.18. The topological polar surface area (TPSA) is 54.7 Å². The molecule has 3 rings (SSSR count). The average molecular weight is 211 g/mol. The van der Waals surface area contributed by atoms with Gasteiger partial charge in [-0.15, -0.1) is 0 Å². The standard InChI is InChI=1S/C8H8N2.C5H5N/c9-7-5-10-8-4-2-1-3-6(7)8;1-2-4-6-5-3-1/h1-5,10H,9H2;1-5H. The Morgan fingerprint density at radius 2 is 1.69 bits per heavy atom. The number of para-hydroxylation sites is 1. The molecule has 80 valence electrons. The fourth-order valence-corrected chi connectivity index (χ4v) is 1.41. The van der Waals surface area contributed by atoms with E-state index in [9.17, 15) is 0 Å². The summed E-state index contributed by atoms with van der Waals surface area (Å²) < 4.78 is 0. The van der Waals surface area contributed by atoms with Gasteiger partial charge in [0.05, 0.1) is 5.69 Å². The second kappa shape index (κ2) is 4.98. The highest BCUT2D eigenvalue weighted by Gasteiger charge is 1.95. The Morgan fingerprint density at radius 3 is 2.25 bits per heavy atom. The van der Waals surface area contributed by atoms with Crippen molar-refractivity contribution in [2.45, 2.75) is 0 Å². The molecule has 0 radical (unpaired) electrons. The quantitative estimate of drug-likeness (QED) is 0.600. The van der Waals surface area contributed by atoms with E-state index in [-0.39, 0.29) is 0 Å². The van der Waals surface area contributed by atoms with Gasteiger partial charge >= 0.3 is 0 Å². The van der Waals surface area contributed by atoms with Gasteiger partial charge in [-0.2, -0.15) is 0 Å². The van der Waals surface area contributed by atoms with E-state index in [2.05, 4.69) is 9.97 Å². The molecule has 0 saturated heterocycles. The highest BCUT2D eigenvalue weighted by atomic mass is 14.7. The Hall–Kier alpha value is -2.29. The van der Waals surface area contributed by atoms with Crippen LogP contribution in [-0.4, -0.2) is 9.97 Å². The van der Waals surface area contributed by atoms with Crippen molar-refractivity contribution >= 4 is 16.6 Å². The van der Waals surface area contributed by atoms with Crippen molar-refractivity contribution in [3.05, 3.63) is 61.1 Å². The predicted octanol–water partition coefficient (Wildman–Crippen LogP) is 2.83. The maximum atomic E-state index is 5.64. The van der Waals surface area contributed by atoms with E-state index in [1.54, 1.807) is 12.4 Å². The van der Waals surface area contributed by atoms with Gasteiger partial charge in [-0.1, -0.05) is 24.3 Å². The molecule has 0 bridgehead atoms. The van der Waals surface area contributed by atoms with E-state index in [1.165, 1.54) is 0 Å². The molecule has 1 aromatic carbocycles. The van der Waals surface area contributed by atoms with Crippen molar-refractivity contribution < 1.29 is 0 Å². The first kappa shape index (κ1) is 10.2. The highest BCUT2D eigenvalue weighted by molar-refractivity contribution is 5.90. The maximum absolute atomic E-state index is 5.64. The van der Waals surface area contributed by atoms with Crippen LogP contribution in [-0.2, 0) is 0 Å². The Kier molecular flexibility index (Phi) is 3.18. The molecule has 3 heteroatoms. The molecule has 0 aliphatic carbocycles. The molecule has 2 heterocycles. The number of nitrogens with zero attached hydrogens (tertiary/aromatic N) is 1. The molecule has 0 spiro atoms. The van der Waals surface area contributed by atoms with Crippen LogP contribution in [0.1, 0.15) is 0 Å². The SMILES string of the molecule is Nc1c[nH]c2ccccc12.c1ccncc1. The summed E-state index contributed by atoms with van der Waals surface area (Å²) in [5.41, 5.74) is 7.56. The number of aromatic nitrogens is 2. The summed E-state index contributed by atoms with van der Waals surface area (Å²) in [5.74, 6) is 0. The van der Waals surface area contributed by atoms with E-state index in [1.807, 2.05) is 48.7 Å². The minimum atomic E-state index is 0.815. The number of rotatable bonds is 0. The molecule has 0 aliphatic rings. The molecule has 0 unspecified atom stereocenters. The molecule has 2 aromatic heterocycles. The number of nitrogen functional groups attached to an aromatic ring is 1. The summed E-state index contributed by atoms with van der Waals surface area (Å²) in [4.78, 5) is 6.85. The van der Waals surface area contributed by atoms with E-state index >= 15 is 0 Å². The lowest BCUT2D eigenvalue weighted by atomic mass is 10.2. The lowest BCUT2D eigenvalue weighted by molar-refractivity contribution is 1.33.